The molecule has 0 aromatic heterocycles. The summed E-state index contributed by atoms with van der Waals surface area (Å²) in [7, 11) is 1.13. The van der Waals surface area contributed by atoms with Gasteiger partial charge in [-0.2, -0.15) is 0 Å². The average Bonchev–Trinajstić information content (AvgIpc) is 3.73. The molecule has 374 valence electrons. The second-order valence-corrected chi connectivity index (χ2v) is 16.1. The highest BCUT2D eigenvalue weighted by atomic mass is 16.8. The quantitative estimate of drug-likeness (QED) is 0.0644. The van der Waals surface area contributed by atoms with Gasteiger partial charge in [0.15, 0.2) is 37.7 Å². The van der Waals surface area contributed by atoms with Crippen LogP contribution < -0.4 is 0 Å². The molecule has 28 atom stereocenters. The molecule has 6 saturated heterocycles. The zero-order valence-corrected chi connectivity index (χ0v) is 33.9. The van der Waals surface area contributed by atoms with E-state index in [9.17, 15) is 86.8 Å². The summed E-state index contributed by atoms with van der Waals surface area (Å²) in [5.41, 5.74) is 0. The molecule has 17 N–H and O–H groups in total. The van der Waals surface area contributed by atoms with Gasteiger partial charge in [-0.25, -0.2) is 0 Å². The van der Waals surface area contributed by atoms with Crippen LogP contribution in [0.15, 0.2) is 0 Å². The molecular formula is C35H60O29. The van der Waals surface area contributed by atoms with Gasteiger partial charge in [0.2, 0.25) is 0 Å². The fraction of sp³-hybridized carbons (Fsp3) is 1.00. The van der Waals surface area contributed by atoms with Crippen molar-refractivity contribution in [2.24, 2.45) is 0 Å². The molecule has 0 saturated carbocycles. The Morgan fingerprint density at radius 3 is 1.05 bits per heavy atom. The van der Waals surface area contributed by atoms with Crippen molar-refractivity contribution in [1.82, 2.24) is 0 Å². The third kappa shape index (κ3) is 10.7. The summed E-state index contributed by atoms with van der Waals surface area (Å²) in [4.78, 5) is 0. The van der Waals surface area contributed by atoms with Crippen LogP contribution >= 0.6 is 0 Å². The van der Waals surface area contributed by atoms with E-state index in [1.807, 2.05) is 0 Å². The minimum Gasteiger partial charge on any atom is -0.394 e. The second-order valence-electron chi connectivity index (χ2n) is 16.1. The number of ether oxygens (including phenoxy) is 12. The predicted molar refractivity (Wildman–Crippen MR) is 192 cm³/mol. The molecule has 0 unspecified atom stereocenters. The Morgan fingerprint density at radius 1 is 0.297 bits per heavy atom. The highest BCUT2D eigenvalue weighted by molar-refractivity contribution is 4.99. The van der Waals surface area contributed by atoms with Gasteiger partial charge in [-0.3, -0.25) is 0 Å². The van der Waals surface area contributed by atoms with Crippen molar-refractivity contribution >= 4 is 0 Å². The Morgan fingerprint density at radius 2 is 0.609 bits per heavy atom. The summed E-state index contributed by atoms with van der Waals surface area (Å²) in [6.07, 6.45) is -49.2. The predicted octanol–water partition coefficient (Wildman–Crippen LogP) is -12.2. The number of aliphatic hydroxyl groups excluding tert-OH is 17. The van der Waals surface area contributed by atoms with Gasteiger partial charge >= 0.3 is 0 Å². The highest BCUT2D eigenvalue weighted by Crippen LogP contribution is 2.36. The van der Waals surface area contributed by atoms with Crippen LogP contribution in [0.1, 0.15) is 0 Å². The lowest BCUT2D eigenvalue weighted by Crippen LogP contribution is -2.67. The summed E-state index contributed by atoms with van der Waals surface area (Å²) < 4.78 is 66.4. The van der Waals surface area contributed by atoms with Crippen molar-refractivity contribution in [3.63, 3.8) is 0 Å². The van der Waals surface area contributed by atoms with Crippen molar-refractivity contribution in [1.29, 1.82) is 0 Å². The van der Waals surface area contributed by atoms with E-state index in [0.29, 0.717) is 0 Å². The Balaban J connectivity index is 1.16. The lowest BCUT2D eigenvalue weighted by molar-refractivity contribution is -0.391. The third-order valence-electron chi connectivity index (χ3n) is 11.9. The molecule has 0 aromatic carbocycles. The SMILES string of the molecule is CO[C@H]1O[C@H](CO[C@@H]2O[C@@H](CO)[C@H](O)[C@H]2O)[C@H](O)[C@H](O[C@@H]2O[C@H](CO)[C@H](O[C@H]3O[C@H](CO[C@@H]4O[C@@H](CO)[C@H](O)[C@H]4O)[C@H](O)[C@H](O[C@@H]4O[C@H](CO)[C@H](O)[C@H](O)[C@H]4O)[C@H]3O)[C@H](O)[C@H]2O)[C@H]1O. The fourth-order valence-corrected chi connectivity index (χ4v) is 8.07. The van der Waals surface area contributed by atoms with E-state index in [4.69, 9.17) is 56.8 Å². The zero-order chi connectivity index (χ0) is 46.9. The van der Waals surface area contributed by atoms with E-state index in [0.717, 1.165) is 7.11 Å². The van der Waals surface area contributed by atoms with E-state index < -0.39 is 212 Å². The zero-order valence-electron chi connectivity index (χ0n) is 33.9. The topological polar surface area (TPSA) is 455 Å². The highest BCUT2D eigenvalue weighted by Gasteiger charge is 2.56. The first-order chi connectivity index (χ1) is 30.4. The second kappa shape index (κ2) is 22.5. The van der Waals surface area contributed by atoms with Crippen LogP contribution in [0.25, 0.3) is 0 Å². The molecule has 29 nitrogen and oxygen atoms in total. The molecule has 64 heavy (non-hydrogen) atoms. The van der Waals surface area contributed by atoms with Gasteiger partial charge in [0, 0.05) is 7.11 Å². The summed E-state index contributed by atoms with van der Waals surface area (Å²) in [5.74, 6) is 0. The van der Waals surface area contributed by atoms with Crippen molar-refractivity contribution < 1.29 is 144 Å². The summed E-state index contributed by atoms with van der Waals surface area (Å²) in [5, 5.41) is 179. The average molecular weight is 945 g/mol. The molecule has 6 aliphatic heterocycles. The number of methoxy groups -OCH3 is 1. The van der Waals surface area contributed by atoms with Gasteiger partial charge in [0.25, 0.3) is 0 Å². The summed E-state index contributed by atoms with van der Waals surface area (Å²) >= 11 is 0. The Labute approximate surface area is 362 Å². The standard InChI is InChI=1S/C35H60O29/c1-53-30-25(51)28(17(43)12(60-30)6-54-31-21(47)15(41)9(3-37)56-31)63-34-24(50)20(46)27(11(5-39)59-34)62-35-26(52)29(64-33-23(49)19(45)14(40)8(2-36)58-33)18(44)13(61-35)7-55-32-22(48)16(42)10(4-38)57-32/h8-52H,2-7H2,1H3/t8-,9+,10+,11-,12-,13-,14+,15+,16+,17+,18+,19+,20-,21-,22-,23-,24-,25-,26-,27+,28+,29+,30+,31-,32-,33+,34+,35-/m1/s1. The van der Waals surface area contributed by atoms with Crippen molar-refractivity contribution in [2.45, 2.75) is 172 Å². The lowest BCUT2D eigenvalue weighted by Gasteiger charge is -2.49. The molecule has 0 spiro atoms. The van der Waals surface area contributed by atoms with Gasteiger partial charge in [-0.15, -0.1) is 0 Å². The number of aliphatic hydroxyl groups is 17. The fourth-order valence-electron chi connectivity index (χ4n) is 8.07. The normalized spacial score (nSPS) is 52.6. The molecule has 29 heteroatoms. The van der Waals surface area contributed by atoms with E-state index in [2.05, 4.69) is 0 Å². The summed E-state index contributed by atoms with van der Waals surface area (Å²) in [6, 6.07) is 0. The van der Waals surface area contributed by atoms with E-state index >= 15 is 0 Å². The molecule has 0 aromatic rings. The molecule has 6 aliphatic rings. The number of hydrogen-bond donors (Lipinski definition) is 17. The van der Waals surface area contributed by atoms with Gasteiger partial charge in [-0.05, 0) is 0 Å². The van der Waals surface area contributed by atoms with Crippen LogP contribution in [-0.4, -0.2) is 306 Å². The third-order valence-corrected chi connectivity index (χ3v) is 11.9. The molecule has 6 rings (SSSR count). The first kappa shape index (κ1) is 52.2. The smallest absolute Gasteiger partial charge is 0.187 e. The molecular weight excluding hydrogens is 884 g/mol. The Bertz CT molecular complexity index is 1420. The van der Waals surface area contributed by atoms with Crippen molar-refractivity contribution in [2.75, 3.05) is 46.8 Å². The van der Waals surface area contributed by atoms with Crippen LogP contribution in [0.5, 0.6) is 0 Å². The van der Waals surface area contributed by atoms with Gasteiger partial charge in [0.05, 0.1) is 39.6 Å². The molecule has 0 bridgehead atoms. The number of hydrogen-bond acceptors (Lipinski definition) is 29. The molecule has 0 amide bonds. The van der Waals surface area contributed by atoms with Crippen LogP contribution in [0.2, 0.25) is 0 Å². The monoisotopic (exact) mass is 944 g/mol. The maximum absolute atomic E-state index is 11.5. The van der Waals surface area contributed by atoms with Crippen LogP contribution in [0.3, 0.4) is 0 Å². The van der Waals surface area contributed by atoms with Gasteiger partial charge in [-0.1, -0.05) is 0 Å². The van der Waals surface area contributed by atoms with E-state index in [1.165, 1.54) is 0 Å². The maximum atomic E-state index is 11.5. The Hall–Kier alpha value is -1.16. The van der Waals surface area contributed by atoms with Gasteiger partial charge < -0.3 is 144 Å². The molecule has 0 aliphatic carbocycles. The first-order valence-corrected chi connectivity index (χ1v) is 20.3. The molecule has 6 heterocycles. The lowest BCUT2D eigenvalue weighted by atomic mass is 9.95. The van der Waals surface area contributed by atoms with E-state index in [1.54, 1.807) is 0 Å². The van der Waals surface area contributed by atoms with Crippen molar-refractivity contribution in [3.8, 4) is 0 Å². The Kier molecular flexibility index (Phi) is 18.4. The number of rotatable bonds is 17. The minimum absolute atomic E-state index is 0.586. The van der Waals surface area contributed by atoms with Gasteiger partial charge in [0.1, 0.15) is 134 Å². The van der Waals surface area contributed by atoms with Crippen molar-refractivity contribution in [3.05, 3.63) is 0 Å². The van der Waals surface area contributed by atoms with Crippen LogP contribution in [-0.2, 0) is 56.8 Å². The van der Waals surface area contributed by atoms with Crippen LogP contribution in [0.4, 0.5) is 0 Å². The molecule has 0 radical (unpaired) electrons. The van der Waals surface area contributed by atoms with E-state index in [-0.39, 0.29) is 0 Å². The molecule has 6 fully saturated rings. The minimum atomic E-state index is -2.16. The first-order valence-electron chi connectivity index (χ1n) is 20.3. The summed E-state index contributed by atoms with van der Waals surface area (Å²) in [6.45, 7) is -4.60. The largest absolute Gasteiger partial charge is 0.394 e. The van der Waals surface area contributed by atoms with Crippen LogP contribution in [0, 0.1) is 0 Å². The maximum Gasteiger partial charge on any atom is 0.187 e.